The normalized spacial score (nSPS) is 20.8. The lowest BCUT2D eigenvalue weighted by Crippen LogP contribution is -2.50. The molecule has 37 heavy (non-hydrogen) atoms. The first-order valence-electron chi connectivity index (χ1n) is 12.7. The molecule has 3 atom stereocenters. The van der Waals surface area contributed by atoms with Gasteiger partial charge in [0.25, 0.3) is 0 Å². The Balaban J connectivity index is 1.41. The first-order valence-corrected chi connectivity index (χ1v) is 12.7. The van der Waals surface area contributed by atoms with Crippen LogP contribution in [0.1, 0.15) is 55.6 Å². The largest absolute Gasteiger partial charge is 0.465 e. The molecule has 3 aromatic rings. The Morgan fingerprint density at radius 2 is 1.92 bits per heavy atom. The Bertz CT molecular complexity index is 1290. The molecule has 2 fully saturated rings. The van der Waals surface area contributed by atoms with Crippen LogP contribution in [-0.2, 0) is 9.47 Å². The number of aromatic nitrogens is 4. The van der Waals surface area contributed by atoms with Crippen LogP contribution in [0.4, 0.5) is 22.2 Å². The Morgan fingerprint density at radius 3 is 2.57 bits per heavy atom. The molecule has 0 saturated carbocycles. The number of piperidine rings is 1. The van der Waals surface area contributed by atoms with Gasteiger partial charge in [0.1, 0.15) is 11.6 Å². The molecule has 1 amide bonds. The van der Waals surface area contributed by atoms with Crippen molar-refractivity contribution in [3.8, 4) is 0 Å². The van der Waals surface area contributed by atoms with Crippen LogP contribution in [0.5, 0.6) is 0 Å². The van der Waals surface area contributed by atoms with Gasteiger partial charge in [0.05, 0.1) is 24.8 Å². The molecule has 5 rings (SSSR count). The molecule has 196 valence electrons. The van der Waals surface area contributed by atoms with Gasteiger partial charge in [0, 0.05) is 47.5 Å². The minimum atomic E-state index is -0.458. The van der Waals surface area contributed by atoms with E-state index in [9.17, 15) is 9.59 Å². The van der Waals surface area contributed by atoms with Crippen LogP contribution in [0.2, 0.25) is 0 Å². The van der Waals surface area contributed by atoms with Crippen LogP contribution in [0.15, 0.2) is 24.4 Å². The number of hydrogen-bond donors (Lipinski definition) is 3. The minimum absolute atomic E-state index is 0.104. The summed E-state index contributed by atoms with van der Waals surface area (Å²) < 4.78 is 10.4. The predicted molar refractivity (Wildman–Crippen MR) is 139 cm³/mol. The number of fused-ring (bicyclic) bond motifs is 3. The number of carbonyl (C=O) groups excluding carboxylic acids is 2. The SMILES string of the molecule is COC(=O)c1cnc2cc(Nc3cc(C)[nH]n3)nc(NC3C[C@H]4CC[C@@H](C3)N4C(=O)OCC(C)C)c2c1. The molecule has 3 N–H and O–H groups in total. The van der Waals surface area contributed by atoms with Gasteiger partial charge >= 0.3 is 12.1 Å². The lowest BCUT2D eigenvalue weighted by molar-refractivity contribution is 0.0594. The molecule has 11 nitrogen and oxygen atoms in total. The van der Waals surface area contributed by atoms with Crippen molar-refractivity contribution < 1.29 is 19.1 Å². The number of esters is 1. The van der Waals surface area contributed by atoms with Crippen molar-refractivity contribution in [3.63, 3.8) is 0 Å². The highest BCUT2D eigenvalue weighted by molar-refractivity contribution is 5.98. The third-order valence-electron chi connectivity index (χ3n) is 6.89. The standard InChI is InChI=1S/C26H33N7O4/c1-14(2)13-37-26(35)33-18-5-6-19(33)10-17(9-18)28-24-20-8-16(25(34)36-4)12-27-21(20)11-22(30-24)29-23-7-15(3)31-32-23/h7-8,11-12,14,17-19H,5-6,9-10,13H2,1-4H3,(H3,28,29,30,31,32)/t17?,18-,19+. The molecular formula is C26H33N7O4. The highest BCUT2D eigenvalue weighted by Gasteiger charge is 2.44. The van der Waals surface area contributed by atoms with Gasteiger partial charge in [0.15, 0.2) is 5.82 Å². The average Bonchev–Trinajstić information content (AvgIpc) is 3.40. The second-order valence-corrected chi connectivity index (χ2v) is 10.3. The third-order valence-corrected chi connectivity index (χ3v) is 6.89. The third kappa shape index (κ3) is 5.30. The van der Waals surface area contributed by atoms with Crippen molar-refractivity contribution in [2.45, 2.75) is 64.6 Å². The van der Waals surface area contributed by atoms with Gasteiger partial charge in [-0.3, -0.25) is 10.1 Å². The van der Waals surface area contributed by atoms with Gasteiger partial charge in [-0.05, 0) is 44.6 Å². The second-order valence-electron chi connectivity index (χ2n) is 10.3. The van der Waals surface area contributed by atoms with Gasteiger partial charge in [0.2, 0.25) is 0 Å². The molecule has 0 aromatic carbocycles. The number of aryl methyl sites for hydroxylation is 1. The monoisotopic (exact) mass is 507 g/mol. The summed E-state index contributed by atoms with van der Waals surface area (Å²) >= 11 is 0. The second kappa shape index (κ2) is 10.2. The van der Waals surface area contributed by atoms with E-state index in [1.807, 2.05) is 37.8 Å². The van der Waals surface area contributed by atoms with Crippen LogP contribution < -0.4 is 10.6 Å². The molecule has 2 saturated heterocycles. The number of methoxy groups -OCH3 is 1. The van der Waals surface area contributed by atoms with Gasteiger partial charge in [-0.15, -0.1) is 0 Å². The number of ether oxygens (including phenoxy) is 2. The molecule has 0 aliphatic carbocycles. The maximum atomic E-state index is 12.8. The van der Waals surface area contributed by atoms with Crippen LogP contribution in [0, 0.1) is 12.8 Å². The van der Waals surface area contributed by atoms with E-state index in [1.54, 1.807) is 6.07 Å². The summed E-state index contributed by atoms with van der Waals surface area (Å²) in [4.78, 5) is 36.2. The van der Waals surface area contributed by atoms with E-state index in [2.05, 4.69) is 25.8 Å². The summed E-state index contributed by atoms with van der Waals surface area (Å²) in [6, 6.07) is 5.81. The fraction of sp³-hybridized carbons (Fsp3) is 0.500. The quantitative estimate of drug-likeness (QED) is 0.398. The number of anilines is 3. The van der Waals surface area contributed by atoms with Crippen molar-refractivity contribution >= 4 is 40.4 Å². The van der Waals surface area contributed by atoms with E-state index in [0.717, 1.165) is 36.8 Å². The van der Waals surface area contributed by atoms with Crippen molar-refractivity contribution in [2.75, 3.05) is 24.4 Å². The Morgan fingerprint density at radius 1 is 1.16 bits per heavy atom. The van der Waals surface area contributed by atoms with Crippen LogP contribution in [-0.4, -0.2) is 69.0 Å². The van der Waals surface area contributed by atoms with Crippen molar-refractivity contribution in [1.82, 2.24) is 25.1 Å². The van der Waals surface area contributed by atoms with Gasteiger partial charge < -0.3 is 25.0 Å². The zero-order chi connectivity index (χ0) is 26.1. The Hall–Kier alpha value is -3.89. The van der Waals surface area contributed by atoms with Crippen LogP contribution in [0.3, 0.4) is 0 Å². The highest BCUT2D eigenvalue weighted by Crippen LogP contribution is 2.38. The summed E-state index contributed by atoms with van der Waals surface area (Å²) in [5, 5.41) is 14.7. The molecule has 0 radical (unpaired) electrons. The number of aromatic amines is 1. The number of hydrogen-bond acceptors (Lipinski definition) is 9. The Kier molecular flexibility index (Phi) is 6.86. The van der Waals surface area contributed by atoms with E-state index >= 15 is 0 Å². The lowest BCUT2D eigenvalue weighted by atomic mass is 9.97. The van der Waals surface area contributed by atoms with E-state index in [1.165, 1.54) is 13.3 Å². The molecule has 2 aliphatic rings. The molecule has 0 spiro atoms. The fourth-order valence-corrected chi connectivity index (χ4v) is 5.24. The van der Waals surface area contributed by atoms with Gasteiger partial charge in [-0.2, -0.15) is 5.10 Å². The molecule has 1 unspecified atom stereocenters. The number of rotatable bonds is 7. The van der Waals surface area contributed by atoms with E-state index in [-0.39, 0.29) is 24.2 Å². The van der Waals surface area contributed by atoms with Crippen molar-refractivity contribution in [3.05, 3.63) is 35.7 Å². The molecule has 11 heteroatoms. The summed E-state index contributed by atoms with van der Waals surface area (Å²) in [7, 11) is 1.35. The maximum absolute atomic E-state index is 12.8. The summed E-state index contributed by atoms with van der Waals surface area (Å²) in [6.45, 7) is 6.42. The van der Waals surface area contributed by atoms with E-state index in [4.69, 9.17) is 14.5 Å². The topological polar surface area (TPSA) is 134 Å². The summed E-state index contributed by atoms with van der Waals surface area (Å²) in [6.07, 6.45) is 4.79. The van der Waals surface area contributed by atoms with Gasteiger partial charge in [-0.1, -0.05) is 13.8 Å². The predicted octanol–water partition coefficient (Wildman–Crippen LogP) is 4.39. The lowest BCUT2D eigenvalue weighted by Gasteiger charge is -2.38. The van der Waals surface area contributed by atoms with Crippen LogP contribution in [0.25, 0.3) is 10.9 Å². The minimum Gasteiger partial charge on any atom is -0.465 e. The summed E-state index contributed by atoms with van der Waals surface area (Å²) in [5.41, 5.74) is 1.96. The smallest absolute Gasteiger partial charge is 0.410 e. The van der Waals surface area contributed by atoms with Gasteiger partial charge in [-0.25, -0.2) is 14.6 Å². The molecule has 5 heterocycles. The number of nitrogens with zero attached hydrogens (tertiary/aromatic N) is 4. The summed E-state index contributed by atoms with van der Waals surface area (Å²) in [5.74, 6) is 1.69. The van der Waals surface area contributed by atoms with Crippen LogP contribution >= 0.6 is 0 Å². The van der Waals surface area contributed by atoms with E-state index < -0.39 is 5.97 Å². The fourth-order valence-electron chi connectivity index (χ4n) is 5.24. The Labute approximate surface area is 215 Å². The number of carbonyl (C=O) groups is 2. The van der Waals surface area contributed by atoms with E-state index in [0.29, 0.717) is 41.1 Å². The molecule has 2 aliphatic heterocycles. The number of amides is 1. The molecule has 3 aromatic heterocycles. The first kappa shape index (κ1) is 24.8. The number of H-pyrrole nitrogens is 1. The van der Waals surface area contributed by atoms with Crippen molar-refractivity contribution in [2.24, 2.45) is 5.92 Å². The highest BCUT2D eigenvalue weighted by atomic mass is 16.6. The average molecular weight is 508 g/mol. The number of nitrogens with one attached hydrogen (secondary N) is 3. The zero-order valence-corrected chi connectivity index (χ0v) is 21.6. The maximum Gasteiger partial charge on any atom is 0.410 e. The number of pyridine rings is 2. The zero-order valence-electron chi connectivity index (χ0n) is 21.6. The first-order chi connectivity index (χ1) is 17.8. The van der Waals surface area contributed by atoms with Crippen molar-refractivity contribution in [1.29, 1.82) is 0 Å². The molecular weight excluding hydrogens is 474 g/mol. The molecule has 2 bridgehead atoms.